The SMILES string of the molecule is CSC1CCCC(NCC(C)C(N)=NO)C1. The number of oxime groups is 1. The van der Waals surface area contributed by atoms with Crippen molar-refractivity contribution < 1.29 is 5.21 Å². The molecule has 0 amide bonds. The van der Waals surface area contributed by atoms with Crippen LogP contribution in [-0.4, -0.2) is 35.1 Å². The Bertz CT molecular complexity index is 235. The molecule has 0 bridgehead atoms. The van der Waals surface area contributed by atoms with Crippen LogP contribution < -0.4 is 11.1 Å². The van der Waals surface area contributed by atoms with E-state index in [-0.39, 0.29) is 5.92 Å². The highest BCUT2D eigenvalue weighted by Gasteiger charge is 2.21. The Kier molecular flexibility index (Phi) is 5.98. The Balaban J connectivity index is 2.26. The number of rotatable bonds is 5. The van der Waals surface area contributed by atoms with E-state index in [9.17, 15) is 0 Å². The molecule has 0 aromatic heterocycles. The molecule has 0 spiro atoms. The first-order valence-corrected chi connectivity index (χ1v) is 7.19. The average Bonchev–Trinajstić information content (AvgIpc) is 2.35. The third kappa shape index (κ3) is 4.22. The monoisotopic (exact) mass is 245 g/mol. The molecule has 0 radical (unpaired) electrons. The quantitative estimate of drug-likeness (QED) is 0.298. The van der Waals surface area contributed by atoms with Gasteiger partial charge >= 0.3 is 0 Å². The number of amidine groups is 1. The summed E-state index contributed by atoms with van der Waals surface area (Å²) in [6.07, 6.45) is 7.33. The van der Waals surface area contributed by atoms with Crippen LogP contribution in [0.2, 0.25) is 0 Å². The summed E-state index contributed by atoms with van der Waals surface area (Å²) in [4.78, 5) is 0. The van der Waals surface area contributed by atoms with Gasteiger partial charge in [-0.05, 0) is 25.5 Å². The maximum atomic E-state index is 8.55. The van der Waals surface area contributed by atoms with Crippen molar-refractivity contribution in [3.8, 4) is 0 Å². The van der Waals surface area contributed by atoms with Crippen LogP contribution in [0.3, 0.4) is 0 Å². The van der Waals surface area contributed by atoms with E-state index in [1.807, 2.05) is 18.7 Å². The third-order valence-electron chi connectivity index (χ3n) is 3.29. The zero-order valence-electron chi connectivity index (χ0n) is 10.1. The minimum absolute atomic E-state index is 0.0969. The van der Waals surface area contributed by atoms with Gasteiger partial charge in [-0.15, -0.1) is 0 Å². The fourth-order valence-corrected chi connectivity index (χ4v) is 2.92. The van der Waals surface area contributed by atoms with Gasteiger partial charge in [-0.2, -0.15) is 11.8 Å². The Labute approximate surface area is 102 Å². The van der Waals surface area contributed by atoms with Gasteiger partial charge in [0.25, 0.3) is 0 Å². The second-order valence-corrected chi connectivity index (χ2v) is 5.69. The summed E-state index contributed by atoms with van der Waals surface area (Å²) in [6.45, 7) is 2.76. The summed E-state index contributed by atoms with van der Waals surface area (Å²) in [5, 5.41) is 15.9. The summed E-state index contributed by atoms with van der Waals surface area (Å²) in [7, 11) is 0. The lowest BCUT2D eigenvalue weighted by Gasteiger charge is -2.29. The molecule has 1 rings (SSSR count). The van der Waals surface area contributed by atoms with E-state index >= 15 is 0 Å². The standard InChI is InChI=1S/C11H23N3OS/c1-8(11(12)14-15)7-13-9-4-3-5-10(6-9)16-2/h8-10,13,15H,3-7H2,1-2H3,(H2,12,14). The number of nitrogens with two attached hydrogens (primary N) is 1. The van der Waals surface area contributed by atoms with Gasteiger partial charge in [0.2, 0.25) is 0 Å². The van der Waals surface area contributed by atoms with Crippen molar-refractivity contribution in [3.63, 3.8) is 0 Å². The van der Waals surface area contributed by atoms with E-state index in [0.29, 0.717) is 11.9 Å². The summed E-state index contributed by atoms with van der Waals surface area (Å²) in [6, 6.07) is 0.597. The van der Waals surface area contributed by atoms with Crippen molar-refractivity contribution in [2.45, 2.75) is 43.9 Å². The number of hydrogen-bond acceptors (Lipinski definition) is 4. The molecule has 0 heterocycles. The van der Waals surface area contributed by atoms with Crippen molar-refractivity contribution >= 4 is 17.6 Å². The second-order valence-electron chi connectivity index (χ2n) is 4.56. The first-order valence-electron chi connectivity index (χ1n) is 5.91. The largest absolute Gasteiger partial charge is 0.409 e. The lowest BCUT2D eigenvalue weighted by molar-refractivity contribution is 0.312. The zero-order valence-corrected chi connectivity index (χ0v) is 11.0. The molecule has 4 nitrogen and oxygen atoms in total. The van der Waals surface area contributed by atoms with Crippen molar-refractivity contribution in [1.82, 2.24) is 5.32 Å². The number of hydrogen-bond donors (Lipinski definition) is 3. The number of nitrogens with one attached hydrogen (secondary N) is 1. The van der Waals surface area contributed by atoms with E-state index in [1.54, 1.807) is 0 Å². The molecule has 1 aliphatic carbocycles. The van der Waals surface area contributed by atoms with Gasteiger partial charge in [0, 0.05) is 23.8 Å². The molecule has 1 aliphatic rings. The molecule has 0 aliphatic heterocycles. The lowest BCUT2D eigenvalue weighted by atomic mass is 9.94. The van der Waals surface area contributed by atoms with Gasteiger partial charge < -0.3 is 16.3 Å². The van der Waals surface area contributed by atoms with Gasteiger partial charge in [-0.1, -0.05) is 18.5 Å². The van der Waals surface area contributed by atoms with E-state index in [4.69, 9.17) is 10.9 Å². The van der Waals surface area contributed by atoms with Crippen molar-refractivity contribution in [3.05, 3.63) is 0 Å². The Morgan fingerprint density at radius 2 is 2.38 bits per heavy atom. The molecule has 94 valence electrons. The van der Waals surface area contributed by atoms with Crippen molar-refractivity contribution in [1.29, 1.82) is 0 Å². The van der Waals surface area contributed by atoms with Crippen molar-refractivity contribution in [2.24, 2.45) is 16.8 Å². The molecule has 4 N–H and O–H groups in total. The Morgan fingerprint density at radius 1 is 1.62 bits per heavy atom. The van der Waals surface area contributed by atoms with Crippen LogP contribution in [0.5, 0.6) is 0 Å². The first-order chi connectivity index (χ1) is 7.67. The van der Waals surface area contributed by atoms with Gasteiger partial charge in [-0.3, -0.25) is 0 Å². The highest BCUT2D eigenvalue weighted by Crippen LogP contribution is 2.26. The van der Waals surface area contributed by atoms with Gasteiger partial charge in [0.05, 0.1) is 0 Å². The van der Waals surface area contributed by atoms with Crippen LogP contribution in [0.15, 0.2) is 5.16 Å². The van der Waals surface area contributed by atoms with Crippen LogP contribution >= 0.6 is 11.8 Å². The molecular formula is C11H23N3OS. The highest BCUT2D eigenvalue weighted by atomic mass is 32.2. The van der Waals surface area contributed by atoms with Crippen LogP contribution in [0.1, 0.15) is 32.6 Å². The van der Waals surface area contributed by atoms with Gasteiger partial charge in [0.1, 0.15) is 5.84 Å². The summed E-state index contributed by atoms with van der Waals surface area (Å²) < 4.78 is 0. The highest BCUT2D eigenvalue weighted by molar-refractivity contribution is 7.99. The molecule has 1 saturated carbocycles. The van der Waals surface area contributed by atoms with Gasteiger partial charge in [-0.25, -0.2) is 0 Å². The fraction of sp³-hybridized carbons (Fsp3) is 0.909. The average molecular weight is 245 g/mol. The first kappa shape index (κ1) is 13.6. The molecule has 0 saturated heterocycles. The predicted molar refractivity (Wildman–Crippen MR) is 70.1 cm³/mol. The van der Waals surface area contributed by atoms with E-state index in [2.05, 4.69) is 16.7 Å². The van der Waals surface area contributed by atoms with Crippen LogP contribution in [-0.2, 0) is 0 Å². The van der Waals surface area contributed by atoms with Gasteiger partial charge in [0.15, 0.2) is 0 Å². The Morgan fingerprint density at radius 3 is 3.00 bits per heavy atom. The van der Waals surface area contributed by atoms with Crippen molar-refractivity contribution in [2.75, 3.05) is 12.8 Å². The summed E-state index contributed by atoms with van der Waals surface area (Å²) in [5.41, 5.74) is 5.54. The Hall–Kier alpha value is -0.420. The van der Waals surface area contributed by atoms with Crippen LogP contribution in [0, 0.1) is 5.92 Å². The molecule has 16 heavy (non-hydrogen) atoms. The smallest absolute Gasteiger partial charge is 0.143 e. The zero-order chi connectivity index (χ0) is 12.0. The molecule has 3 atom stereocenters. The molecule has 1 fully saturated rings. The van der Waals surface area contributed by atoms with Crippen LogP contribution in [0.4, 0.5) is 0 Å². The molecular weight excluding hydrogens is 222 g/mol. The molecule has 0 aromatic carbocycles. The minimum atomic E-state index is 0.0969. The van der Waals surface area contributed by atoms with E-state index < -0.39 is 0 Å². The maximum Gasteiger partial charge on any atom is 0.143 e. The number of thioether (sulfide) groups is 1. The summed E-state index contributed by atoms with van der Waals surface area (Å²) >= 11 is 1.97. The fourth-order valence-electron chi connectivity index (χ4n) is 2.09. The maximum absolute atomic E-state index is 8.55. The molecule has 0 aromatic rings. The minimum Gasteiger partial charge on any atom is -0.409 e. The number of nitrogens with zero attached hydrogens (tertiary/aromatic N) is 1. The summed E-state index contributed by atoms with van der Waals surface area (Å²) in [5.74, 6) is 0.407. The normalized spacial score (nSPS) is 29.0. The molecule has 5 heteroatoms. The predicted octanol–water partition coefficient (Wildman–Crippen LogP) is 1.63. The molecule has 3 unspecified atom stereocenters. The topological polar surface area (TPSA) is 70.6 Å². The third-order valence-corrected chi connectivity index (χ3v) is 4.39. The van der Waals surface area contributed by atoms with E-state index in [0.717, 1.165) is 11.8 Å². The van der Waals surface area contributed by atoms with E-state index in [1.165, 1.54) is 25.7 Å². The van der Waals surface area contributed by atoms with Crippen LogP contribution in [0.25, 0.3) is 0 Å². The second kappa shape index (κ2) is 7.01. The lowest BCUT2D eigenvalue weighted by Crippen LogP contribution is -2.40.